The number of benzene rings is 3. The summed E-state index contributed by atoms with van der Waals surface area (Å²) in [5, 5.41) is 13.3. The molecule has 4 rings (SSSR count). The highest BCUT2D eigenvalue weighted by molar-refractivity contribution is 6.11. The third-order valence-corrected chi connectivity index (χ3v) is 4.62. The van der Waals surface area contributed by atoms with E-state index in [1.54, 1.807) is 42.6 Å². The van der Waals surface area contributed by atoms with Gasteiger partial charge in [0, 0.05) is 16.6 Å². The number of H-pyrrole nitrogens is 1. The van der Waals surface area contributed by atoms with E-state index in [0.29, 0.717) is 11.3 Å². The number of carbonyl (C=O) groups is 2. The summed E-state index contributed by atoms with van der Waals surface area (Å²) in [5.74, 6) is -0.767. The maximum atomic E-state index is 13.0. The van der Waals surface area contributed by atoms with Crippen molar-refractivity contribution in [2.45, 2.75) is 6.92 Å². The fourth-order valence-electron chi connectivity index (χ4n) is 2.99. The number of aryl methyl sites for hydroxylation is 1. The summed E-state index contributed by atoms with van der Waals surface area (Å²) < 4.78 is 0. The maximum Gasteiger partial charge on any atom is 0.272 e. The summed E-state index contributed by atoms with van der Waals surface area (Å²) in [4.78, 5) is 25.7. The van der Waals surface area contributed by atoms with Crippen molar-refractivity contribution in [1.29, 1.82) is 0 Å². The Morgan fingerprint density at radius 1 is 0.967 bits per heavy atom. The highest BCUT2D eigenvalue weighted by Gasteiger charge is 2.15. The molecule has 0 aliphatic rings. The summed E-state index contributed by atoms with van der Waals surface area (Å²) in [7, 11) is 0. The molecular formula is C24H20N4O2. The summed E-state index contributed by atoms with van der Waals surface area (Å²) in [5.41, 5.74) is 4.03. The molecule has 4 aromatic rings. The van der Waals surface area contributed by atoms with Gasteiger partial charge < -0.3 is 10.6 Å². The summed E-state index contributed by atoms with van der Waals surface area (Å²) in [6.07, 6.45) is 3.34. The van der Waals surface area contributed by atoms with Crippen LogP contribution in [0.1, 0.15) is 21.5 Å². The van der Waals surface area contributed by atoms with Gasteiger partial charge in [-0.25, -0.2) is 0 Å². The first-order chi connectivity index (χ1) is 14.6. The SMILES string of the molecule is Cc1ccc(/C=C(\NC(=O)c2ccccc2)C(=O)Nc2ccc3[nH]ncc3c2)cc1. The van der Waals surface area contributed by atoms with Gasteiger partial charge in [0.25, 0.3) is 11.8 Å². The molecule has 6 heteroatoms. The summed E-state index contributed by atoms with van der Waals surface area (Å²) >= 11 is 0. The van der Waals surface area contributed by atoms with Crippen molar-refractivity contribution in [3.8, 4) is 0 Å². The van der Waals surface area contributed by atoms with E-state index in [4.69, 9.17) is 0 Å². The number of anilines is 1. The first kappa shape index (κ1) is 19.1. The second-order valence-electron chi connectivity index (χ2n) is 6.92. The van der Waals surface area contributed by atoms with E-state index in [1.807, 2.05) is 49.4 Å². The van der Waals surface area contributed by atoms with Crippen molar-refractivity contribution >= 4 is 34.5 Å². The molecule has 148 valence electrons. The Bertz CT molecular complexity index is 1230. The van der Waals surface area contributed by atoms with E-state index >= 15 is 0 Å². The van der Waals surface area contributed by atoms with Crippen LogP contribution in [0.25, 0.3) is 17.0 Å². The van der Waals surface area contributed by atoms with Gasteiger partial charge in [-0.1, -0.05) is 48.0 Å². The Labute approximate surface area is 173 Å². The lowest BCUT2D eigenvalue weighted by Gasteiger charge is -2.11. The van der Waals surface area contributed by atoms with Crippen LogP contribution in [0, 0.1) is 6.92 Å². The number of aromatic amines is 1. The van der Waals surface area contributed by atoms with Gasteiger partial charge in [0.1, 0.15) is 5.70 Å². The molecule has 0 aliphatic heterocycles. The van der Waals surface area contributed by atoms with Crippen LogP contribution in [-0.2, 0) is 4.79 Å². The van der Waals surface area contributed by atoms with E-state index in [0.717, 1.165) is 22.0 Å². The van der Waals surface area contributed by atoms with Crippen LogP contribution in [-0.4, -0.2) is 22.0 Å². The lowest BCUT2D eigenvalue weighted by Crippen LogP contribution is -2.30. The second-order valence-corrected chi connectivity index (χ2v) is 6.92. The standard InChI is InChI=1S/C24H20N4O2/c1-16-7-9-17(10-8-16)13-22(27-23(29)18-5-3-2-4-6-18)24(30)26-20-11-12-21-19(14-20)15-25-28-21/h2-15H,1H3,(H,25,28)(H,26,30)(H,27,29)/b22-13-. The first-order valence-electron chi connectivity index (χ1n) is 9.48. The zero-order valence-corrected chi connectivity index (χ0v) is 16.3. The van der Waals surface area contributed by atoms with Crippen LogP contribution in [0.15, 0.2) is 84.7 Å². The number of rotatable bonds is 5. The van der Waals surface area contributed by atoms with Crippen molar-refractivity contribution in [2.24, 2.45) is 0 Å². The van der Waals surface area contributed by atoms with Crippen LogP contribution < -0.4 is 10.6 Å². The van der Waals surface area contributed by atoms with Gasteiger partial charge in [-0.05, 0) is 48.9 Å². The molecule has 0 unspecified atom stereocenters. The zero-order valence-electron chi connectivity index (χ0n) is 16.3. The average molecular weight is 396 g/mol. The molecular weight excluding hydrogens is 376 g/mol. The molecule has 0 aliphatic carbocycles. The van der Waals surface area contributed by atoms with Gasteiger partial charge in [-0.15, -0.1) is 0 Å². The van der Waals surface area contributed by atoms with Crippen LogP contribution in [0.5, 0.6) is 0 Å². The number of nitrogens with zero attached hydrogens (tertiary/aromatic N) is 1. The van der Waals surface area contributed by atoms with Crippen molar-refractivity contribution in [3.05, 3.63) is 101 Å². The number of aromatic nitrogens is 2. The fraction of sp³-hybridized carbons (Fsp3) is 0.0417. The molecule has 1 heterocycles. The topological polar surface area (TPSA) is 86.9 Å². The minimum atomic E-state index is -0.414. The van der Waals surface area contributed by atoms with E-state index in [9.17, 15) is 9.59 Å². The Balaban J connectivity index is 1.61. The number of hydrogen-bond donors (Lipinski definition) is 3. The molecule has 0 saturated carbocycles. The fourth-order valence-corrected chi connectivity index (χ4v) is 2.99. The Morgan fingerprint density at radius 3 is 2.50 bits per heavy atom. The molecule has 0 fully saturated rings. The largest absolute Gasteiger partial charge is 0.321 e. The van der Waals surface area contributed by atoms with Gasteiger partial charge in [0.15, 0.2) is 0 Å². The lowest BCUT2D eigenvalue weighted by molar-refractivity contribution is -0.113. The molecule has 0 radical (unpaired) electrons. The highest BCUT2D eigenvalue weighted by Crippen LogP contribution is 2.18. The molecule has 1 aromatic heterocycles. The Morgan fingerprint density at radius 2 is 1.73 bits per heavy atom. The normalized spacial score (nSPS) is 11.3. The van der Waals surface area contributed by atoms with Crippen LogP contribution in [0.4, 0.5) is 5.69 Å². The second kappa shape index (κ2) is 8.45. The van der Waals surface area contributed by atoms with Gasteiger partial charge in [0.05, 0.1) is 11.7 Å². The quantitative estimate of drug-likeness (QED) is 0.440. The molecule has 0 saturated heterocycles. The summed E-state index contributed by atoms with van der Waals surface area (Å²) in [6, 6.07) is 21.9. The van der Waals surface area contributed by atoms with Crippen molar-refractivity contribution < 1.29 is 9.59 Å². The predicted octanol–water partition coefficient (Wildman–Crippen LogP) is 4.28. The van der Waals surface area contributed by atoms with Crippen LogP contribution in [0.2, 0.25) is 0 Å². The van der Waals surface area contributed by atoms with Gasteiger partial charge in [-0.2, -0.15) is 5.10 Å². The first-order valence-corrected chi connectivity index (χ1v) is 9.48. The smallest absolute Gasteiger partial charge is 0.272 e. The Kier molecular flexibility index (Phi) is 5.39. The van der Waals surface area contributed by atoms with E-state index in [-0.39, 0.29) is 11.6 Å². The predicted molar refractivity (Wildman–Crippen MR) is 118 cm³/mol. The molecule has 6 nitrogen and oxygen atoms in total. The monoisotopic (exact) mass is 396 g/mol. The molecule has 3 N–H and O–H groups in total. The number of carbonyl (C=O) groups excluding carboxylic acids is 2. The van der Waals surface area contributed by atoms with Gasteiger partial charge in [0.2, 0.25) is 0 Å². The molecule has 30 heavy (non-hydrogen) atoms. The molecule has 2 amide bonds. The molecule has 0 spiro atoms. The summed E-state index contributed by atoms with van der Waals surface area (Å²) in [6.45, 7) is 1.99. The average Bonchev–Trinajstić information content (AvgIpc) is 3.23. The third kappa shape index (κ3) is 4.44. The van der Waals surface area contributed by atoms with E-state index in [1.165, 1.54) is 0 Å². The molecule has 0 atom stereocenters. The highest BCUT2D eigenvalue weighted by atomic mass is 16.2. The van der Waals surface area contributed by atoms with E-state index in [2.05, 4.69) is 20.8 Å². The molecule has 0 bridgehead atoms. The van der Waals surface area contributed by atoms with Gasteiger partial charge in [-0.3, -0.25) is 14.7 Å². The minimum absolute atomic E-state index is 0.153. The lowest BCUT2D eigenvalue weighted by atomic mass is 10.1. The third-order valence-electron chi connectivity index (χ3n) is 4.62. The number of hydrogen-bond acceptors (Lipinski definition) is 3. The van der Waals surface area contributed by atoms with Crippen LogP contribution >= 0.6 is 0 Å². The molecule has 3 aromatic carbocycles. The number of nitrogens with one attached hydrogen (secondary N) is 3. The maximum absolute atomic E-state index is 13.0. The van der Waals surface area contributed by atoms with Crippen LogP contribution in [0.3, 0.4) is 0 Å². The Hall–Kier alpha value is -4.19. The van der Waals surface area contributed by atoms with Crippen molar-refractivity contribution in [1.82, 2.24) is 15.5 Å². The van der Waals surface area contributed by atoms with Gasteiger partial charge >= 0.3 is 0 Å². The minimum Gasteiger partial charge on any atom is -0.321 e. The number of amides is 2. The van der Waals surface area contributed by atoms with E-state index < -0.39 is 5.91 Å². The van der Waals surface area contributed by atoms with Crippen molar-refractivity contribution in [2.75, 3.05) is 5.32 Å². The number of fused-ring (bicyclic) bond motifs is 1. The van der Waals surface area contributed by atoms with Crippen molar-refractivity contribution in [3.63, 3.8) is 0 Å². The zero-order chi connectivity index (χ0) is 20.9.